The summed E-state index contributed by atoms with van der Waals surface area (Å²) in [6.45, 7) is 0.427. The minimum atomic E-state index is -0.289. The lowest BCUT2D eigenvalue weighted by Crippen LogP contribution is -2.46. The second-order valence-electron chi connectivity index (χ2n) is 6.45. The largest absolute Gasteiger partial charge is 0.497 e. The van der Waals surface area contributed by atoms with Gasteiger partial charge in [-0.15, -0.1) is 0 Å². The Balaban J connectivity index is 1.78. The molecule has 2 heterocycles. The normalized spacial score (nSPS) is 19.9. The van der Waals surface area contributed by atoms with E-state index in [1.165, 1.54) is 0 Å². The molecule has 1 fully saturated rings. The lowest BCUT2D eigenvalue weighted by Gasteiger charge is -2.38. The zero-order valence-electron chi connectivity index (χ0n) is 15.0. The Bertz CT molecular complexity index is 762. The quantitative estimate of drug-likeness (QED) is 0.895. The summed E-state index contributed by atoms with van der Waals surface area (Å²) in [4.78, 5) is 30.8. The van der Waals surface area contributed by atoms with Crippen LogP contribution in [0, 0.1) is 5.92 Å². The molecule has 1 aliphatic heterocycles. The van der Waals surface area contributed by atoms with Gasteiger partial charge in [0, 0.05) is 32.4 Å². The average Bonchev–Trinajstić information content (AvgIpc) is 2.69. The number of pyridine rings is 1. The molecule has 1 aromatic carbocycles. The first-order valence-electron chi connectivity index (χ1n) is 8.66. The number of rotatable bonds is 5. The van der Waals surface area contributed by atoms with Crippen molar-refractivity contribution in [3.63, 3.8) is 0 Å². The standard InChI is InChI=1S/C20H23N3O3/c1-23-18(24)10-9-17(19(23)15-5-7-16(26-2)8-6-15)20(25)22-13-14-4-3-11-21-12-14/h3-8,11-12,17,19H,9-10,13H2,1-2H3,(H,22,25)/t17-,19+/m1/s1. The van der Waals surface area contributed by atoms with Crippen molar-refractivity contribution in [1.82, 2.24) is 15.2 Å². The Morgan fingerprint density at radius 1 is 1.31 bits per heavy atom. The minimum absolute atomic E-state index is 0.0472. The van der Waals surface area contributed by atoms with E-state index < -0.39 is 0 Å². The van der Waals surface area contributed by atoms with Gasteiger partial charge < -0.3 is 15.0 Å². The third-order valence-corrected chi connectivity index (χ3v) is 4.84. The fourth-order valence-corrected chi connectivity index (χ4v) is 3.39. The molecule has 6 heteroatoms. The molecular weight excluding hydrogens is 330 g/mol. The summed E-state index contributed by atoms with van der Waals surface area (Å²) in [6.07, 6.45) is 4.36. The smallest absolute Gasteiger partial charge is 0.225 e. The maximum atomic E-state index is 12.8. The van der Waals surface area contributed by atoms with Crippen LogP contribution in [0.5, 0.6) is 5.75 Å². The van der Waals surface area contributed by atoms with E-state index in [9.17, 15) is 9.59 Å². The summed E-state index contributed by atoms with van der Waals surface area (Å²) in [7, 11) is 3.37. The van der Waals surface area contributed by atoms with Gasteiger partial charge in [-0.25, -0.2) is 0 Å². The summed E-state index contributed by atoms with van der Waals surface area (Å²) in [5, 5.41) is 2.98. The number of amides is 2. The minimum Gasteiger partial charge on any atom is -0.497 e. The van der Waals surface area contributed by atoms with Crippen LogP contribution in [0.1, 0.15) is 30.0 Å². The van der Waals surface area contributed by atoms with Crippen molar-refractivity contribution >= 4 is 11.8 Å². The number of carbonyl (C=O) groups is 2. The number of benzene rings is 1. The predicted octanol–water partition coefficient (Wildman–Crippen LogP) is 2.32. The summed E-state index contributed by atoms with van der Waals surface area (Å²) in [5.74, 6) is 0.468. The average molecular weight is 353 g/mol. The fourth-order valence-electron chi connectivity index (χ4n) is 3.39. The Hall–Kier alpha value is -2.89. The Labute approximate surface area is 153 Å². The molecule has 1 aromatic heterocycles. The Kier molecular flexibility index (Phi) is 5.51. The maximum Gasteiger partial charge on any atom is 0.225 e. The summed E-state index contributed by atoms with van der Waals surface area (Å²) in [6, 6.07) is 11.0. The highest BCUT2D eigenvalue weighted by Gasteiger charge is 2.38. The van der Waals surface area contributed by atoms with E-state index >= 15 is 0 Å². The van der Waals surface area contributed by atoms with Crippen LogP contribution >= 0.6 is 0 Å². The molecule has 0 saturated carbocycles. The number of methoxy groups -OCH3 is 1. The molecule has 0 radical (unpaired) electrons. The van der Waals surface area contributed by atoms with Gasteiger partial charge in [-0.3, -0.25) is 14.6 Å². The molecule has 0 unspecified atom stereocenters. The van der Waals surface area contributed by atoms with E-state index in [1.54, 1.807) is 31.5 Å². The first kappa shape index (κ1) is 17.9. The van der Waals surface area contributed by atoms with Gasteiger partial charge >= 0.3 is 0 Å². The van der Waals surface area contributed by atoms with Gasteiger partial charge in [-0.2, -0.15) is 0 Å². The highest BCUT2D eigenvalue weighted by Crippen LogP contribution is 2.36. The van der Waals surface area contributed by atoms with Crippen LogP contribution in [-0.2, 0) is 16.1 Å². The van der Waals surface area contributed by atoms with Gasteiger partial charge in [-0.05, 0) is 35.7 Å². The fraction of sp³-hybridized carbons (Fsp3) is 0.350. The van der Waals surface area contributed by atoms with Crippen molar-refractivity contribution in [1.29, 1.82) is 0 Å². The molecule has 136 valence electrons. The number of nitrogens with zero attached hydrogens (tertiary/aromatic N) is 2. The van der Waals surface area contributed by atoms with Gasteiger partial charge in [0.1, 0.15) is 5.75 Å². The first-order valence-corrected chi connectivity index (χ1v) is 8.66. The van der Waals surface area contributed by atoms with Crippen LogP contribution in [0.2, 0.25) is 0 Å². The zero-order chi connectivity index (χ0) is 18.5. The summed E-state index contributed by atoms with van der Waals surface area (Å²) < 4.78 is 5.20. The second kappa shape index (κ2) is 7.99. The van der Waals surface area contributed by atoms with Crippen molar-refractivity contribution in [2.75, 3.05) is 14.2 Å². The van der Waals surface area contributed by atoms with E-state index in [1.807, 2.05) is 36.4 Å². The number of nitrogens with one attached hydrogen (secondary N) is 1. The molecule has 1 saturated heterocycles. The lowest BCUT2D eigenvalue weighted by molar-refractivity contribution is -0.141. The van der Waals surface area contributed by atoms with E-state index in [2.05, 4.69) is 10.3 Å². The molecule has 2 aromatic rings. The number of likely N-dealkylation sites (tertiary alicyclic amines) is 1. The van der Waals surface area contributed by atoms with E-state index in [-0.39, 0.29) is 23.8 Å². The molecule has 3 rings (SSSR count). The summed E-state index contributed by atoms with van der Waals surface area (Å²) in [5.41, 5.74) is 1.88. The first-order chi connectivity index (χ1) is 12.6. The van der Waals surface area contributed by atoms with E-state index in [4.69, 9.17) is 4.74 Å². The highest BCUT2D eigenvalue weighted by molar-refractivity contribution is 5.84. The van der Waals surface area contributed by atoms with Crippen LogP contribution in [0.15, 0.2) is 48.8 Å². The Morgan fingerprint density at radius 2 is 2.08 bits per heavy atom. The third-order valence-electron chi connectivity index (χ3n) is 4.84. The highest BCUT2D eigenvalue weighted by atomic mass is 16.5. The lowest BCUT2D eigenvalue weighted by atomic mass is 9.84. The number of hydrogen-bond acceptors (Lipinski definition) is 4. The summed E-state index contributed by atoms with van der Waals surface area (Å²) >= 11 is 0. The predicted molar refractivity (Wildman–Crippen MR) is 97.3 cm³/mol. The number of ether oxygens (including phenoxy) is 1. The van der Waals surface area contributed by atoms with Crippen LogP contribution in [0.3, 0.4) is 0 Å². The maximum absolute atomic E-state index is 12.8. The molecular formula is C20H23N3O3. The number of aromatic nitrogens is 1. The molecule has 0 bridgehead atoms. The molecule has 6 nitrogen and oxygen atoms in total. The van der Waals surface area contributed by atoms with Crippen molar-refractivity contribution < 1.29 is 14.3 Å². The zero-order valence-corrected chi connectivity index (χ0v) is 15.0. The van der Waals surface area contributed by atoms with Crippen molar-refractivity contribution in [2.45, 2.75) is 25.4 Å². The molecule has 26 heavy (non-hydrogen) atoms. The van der Waals surface area contributed by atoms with Gasteiger partial charge in [0.05, 0.1) is 19.1 Å². The molecule has 2 amide bonds. The van der Waals surface area contributed by atoms with Crippen molar-refractivity contribution in [3.8, 4) is 5.75 Å². The number of hydrogen-bond donors (Lipinski definition) is 1. The second-order valence-corrected chi connectivity index (χ2v) is 6.45. The topological polar surface area (TPSA) is 71.5 Å². The number of carbonyl (C=O) groups excluding carboxylic acids is 2. The van der Waals surface area contributed by atoms with E-state index in [0.29, 0.717) is 19.4 Å². The van der Waals surface area contributed by atoms with Crippen LogP contribution in [-0.4, -0.2) is 35.9 Å². The van der Waals surface area contributed by atoms with Gasteiger partial charge in [0.25, 0.3) is 0 Å². The Morgan fingerprint density at radius 3 is 2.73 bits per heavy atom. The van der Waals surface area contributed by atoms with Crippen molar-refractivity contribution in [3.05, 3.63) is 59.9 Å². The van der Waals surface area contributed by atoms with Crippen molar-refractivity contribution in [2.24, 2.45) is 5.92 Å². The molecule has 1 N–H and O–H groups in total. The van der Waals surface area contributed by atoms with Crippen LogP contribution in [0.4, 0.5) is 0 Å². The SMILES string of the molecule is COc1ccc([C@H]2[C@H](C(=O)NCc3cccnc3)CCC(=O)N2C)cc1. The third kappa shape index (κ3) is 3.85. The molecule has 2 atom stereocenters. The molecule has 1 aliphatic rings. The van der Waals surface area contributed by atoms with Gasteiger partial charge in [0.2, 0.25) is 11.8 Å². The van der Waals surface area contributed by atoms with E-state index in [0.717, 1.165) is 16.9 Å². The van der Waals surface area contributed by atoms with Gasteiger partial charge in [-0.1, -0.05) is 18.2 Å². The number of piperidine rings is 1. The molecule has 0 aliphatic carbocycles. The monoisotopic (exact) mass is 353 g/mol. The molecule has 0 spiro atoms. The van der Waals surface area contributed by atoms with Crippen LogP contribution < -0.4 is 10.1 Å². The van der Waals surface area contributed by atoms with Crippen LogP contribution in [0.25, 0.3) is 0 Å². The van der Waals surface area contributed by atoms with Gasteiger partial charge in [0.15, 0.2) is 0 Å².